The number of fused-ring (bicyclic) bond motifs is 2. The van der Waals surface area contributed by atoms with E-state index in [1.807, 2.05) is 41.9 Å². The van der Waals surface area contributed by atoms with E-state index in [2.05, 4.69) is 44.9 Å². The summed E-state index contributed by atoms with van der Waals surface area (Å²) in [5.74, 6) is 2.25. The summed E-state index contributed by atoms with van der Waals surface area (Å²) < 4.78 is 13.4. The molecular weight excluding hydrogens is 498 g/mol. The Balaban J connectivity index is 0.000000567. The number of aromatic nitrogens is 4. The number of anilines is 3. The van der Waals surface area contributed by atoms with Crippen LogP contribution in [0.25, 0.3) is 22.3 Å². The van der Waals surface area contributed by atoms with Crippen LogP contribution < -0.4 is 26.4 Å². The summed E-state index contributed by atoms with van der Waals surface area (Å²) in [6.45, 7) is 1.57. The van der Waals surface area contributed by atoms with Crippen LogP contribution in [0.5, 0.6) is 5.75 Å². The van der Waals surface area contributed by atoms with Crippen LogP contribution in [0, 0.1) is 0 Å². The number of hydrogen-bond donors (Lipinski definition) is 2. The molecule has 0 bridgehead atoms. The third-order valence-corrected chi connectivity index (χ3v) is 7.22. The van der Waals surface area contributed by atoms with Crippen LogP contribution in [0.3, 0.4) is 0 Å². The Labute approximate surface area is 226 Å². The summed E-state index contributed by atoms with van der Waals surface area (Å²) in [5.41, 5.74) is 9.18. The zero-order chi connectivity index (χ0) is 27.5. The van der Waals surface area contributed by atoms with Crippen LogP contribution in [-0.4, -0.2) is 52.5 Å². The van der Waals surface area contributed by atoms with Gasteiger partial charge in [-0.05, 0) is 37.1 Å². The number of nitrogens with one attached hydrogen (secondary N) is 1. The minimum absolute atomic E-state index is 0.0289. The van der Waals surface area contributed by atoms with Crippen molar-refractivity contribution >= 4 is 34.4 Å². The number of imidazole rings is 1. The van der Waals surface area contributed by atoms with Gasteiger partial charge < -0.3 is 25.4 Å². The molecule has 0 radical (unpaired) electrons. The number of benzene rings is 1. The number of nitrogens with zero attached hydrogens (tertiary/aromatic N) is 5. The highest BCUT2D eigenvalue weighted by Crippen LogP contribution is 2.35. The summed E-state index contributed by atoms with van der Waals surface area (Å²) in [7, 11) is 5.12. The molecule has 0 spiro atoms. The van der Waals surface area contributed by atoms with E-state index < -0.39 is 6.09 Å². The van der Waals surface area contributed by atoms with Crippen LogP contribution >= 0.6 is 0 Å². The number of nitrogens with two attached hydrogens (primary N) is 1. The zero-order valence-electron chi connectivity index (χ0n) is 22.4. The summed E-state index contributed by atoms with van der Waals surface area (Å²) in [6, 6.07) is 14.3. The quantitative estimate of drug-likeness (QED) is 0.401. The Morgan fingerprint density at radius 1 is 1.10 bits per heavy atom. The number of primary amides is 1. The van der Waals surface area contributed by atoms with Crippen molar-refractivity contribution < 1.29 is 14.3 Å². The lowest BCUT2D eigenvalue weighted by molar-refractivity contribution is 0.182. The maximum Gasteiger partial charge on any atom is 0.404 e. The molecule has 1 aliphatic heterocycles. The van der Waals surface area contributed by atoms with Crippen molar-refractivity contribution in [1.82, 2.24) is 19.1 Å². The molecule has 3 aromatic heterocycles. The molecular formula is C28H33N7O4. The second-order valence-corrected chi connectivity index (χ2v) is 9.72. The summed E-state index contributed by atoms with van der Waals surface area (Å²) in [4.78, 5) is 33.9. The first-order chi connectivity index (χ1) is 18.9. The molecule has 11 nitrogen and oxygen atoms in total. The lowest BCUT2D eigenvalue weighted by Gasteiger charge is -2.27. The summed E-state index contributed by atoms with van der Waals surface area (Å²) in [5, 5.41) is 3.34. The van der Waals surface area contributed by atoms with Crippen molar-refractivity contribution in [3.8, 4) is 17.0 Å². The molecule has 0 saturated heterocycles. The maximum absolute atomic E-state index is 12.9. The van der Waals surface area contributed by atoms with E-state index in [0.717, 1.165) is 53.1 Å². The fourth-order valence-electron chi connectivity index (χ4n) is 5.15. The molecule has 4 aromatic rings. The number of amides is 1. The molecule has 3 N–H and O–H groups in total. The number of aryl methyl sites for hydroxylation is 1. The molecule has 204 valence electrons. The summed E-state index contributed by atoms with van der Waals surface area (Å²) in [6.07, 6.45) is 5.47. The van der Waals surface area contributed by atoms with Gasteiger partial charge in [0.05, 0.1) is 42.3 Å². The molecule has 0 unspecified atom stereocenters. The van der Waals surface area contributed by atoms with Gasteiger partial charge in [0.2, 0.25) is 0 Å². The second-order valence-electron chi connectivity index (χ2n) is 9.72. The van der Waals surface area contributed by atoms with Gasteiger partial charge in [-0.3, -0.25) is 9.13 Å². The number of ether oxygens (including phenoxy) is 2. The van der Waals surface area contributed by atoms with E-state index in [-0.39, 0.29) is 11.7 Å². The Hall–Kier alpha value is -4.54. The fraction of sp³-hybridized carbons (Fsp3) is 0.357. The molecule has 1 saturated carbocycles. The molecule has 1 amide bonds. The minimum Gasteiger partial charge on any atom is -0.490 e. The Morgan fingerprint density at radius 2 is 1.87 bits per heavy atom. The highest BCUT2D eigenvalue weighted by atomic mass is 16.5. The van der Waals surface area contributed by atoms with Gasteiger partial charge in [0.1, 0.15) is 24.0 Å². The fourth-order valence-corrected chi connectivity index (χ4v) is 5.15. The minimum atomic E-state index is -0.745. The molecule has 6 rings (SSSR count). The largest absolute Gasteiger partial charge is 0.490 e. The van der Waals surface area contributed by atoms with Gasteiger partial charge >= 0.3 is 11.8 Å². The highest BCUT2D eigenvalue weighted by Gasteiger charge is 2.23. The smallest absolute Gasteiger partial charge is 0.404 e. The van der Waals surface area contributed by atoms with Crippen molar-refractivity contribution in [3.05, 3.63) is 59.1 Å². The third-order valence-electron chi connectivity index (χ3n) is 7.22. The van der Waals surface area contributed by atoms with Crippen molar-refractivity contribution in [2.24, 2.45) is 12.8 Å². The Morgan fingerprint density at radius 3 is 2.62 bits per heavy atom. The van der Waals surface area contributed by atoms with Crippen molar-refractivity contribution in [2.75, 3.05) is 37.5 Å². The number of pyridine rings is 2. The number of hydrogen-bond acceptors (Lipinski definition) is 8. The van der Waals surface area contributed by atoms with Crippen molar-refractivity contribution in [1.29, 1.82) is 0 Å². The van der Waals surface area contributed by atoms with Crippen LogP contribution in [-0.2, 0) is 11.8 Å². The van der Waals surface area contributed by atoms with Gasteiger partial charge in [0, 0.05) is 31.8 Å². The molecule has 1 aliphatic carbocycles. The number of rotatable bonds is 4. The SMILES string of the molecule is CN1CCOc2cc(-c3cccc(Nc4cc5c(cn4)n(C)c(=O)n5C4CCCC4)n3)ccc21.COC(N)=O. The average Bonchev–Trinajstić information content (AvgIpc) is 3.55. The molecule has 0 atom stereocenters. The normalized spacial score (nSPS) is 14.8. The zero-order valence-corrected chi connectivity index (χ0v) is 22.4. The lowest BCUT2D eigenvalue weighted by atomic mass is 10.1. The van der Waals surface area contributed by atoms with Gasteiger partial charge in [-0.2, -0.15) is 0 Å². The molecule has 1 fully saturated rings. The van der Waals surface area contributed by atoms with Crippen LogP contribution in [0.4, 0.5) is 22.1 Å². The van der Waals surface area contributed by atoms with Crippen molar-refractivity contribution in [3.63, 3.8) is 0 Å². The van der Waals surface area contributed by atoms with Gasteiger partial charge in [0.25, 0.3) is 0 Å². The van der Waals surface area contributed by atoms with E-state index in [9.17, 15) is 9.59 Å². The third kappa shape index (κ3) is 5.38. The standard InChI is InChI=1S/C26H28N6O2.C2H5NO2/c1-30-12-13-34-23-14-17(10-11-20(23)30)19-8-5-9-24(28-19)29-25-15-21-22(16-27-25)31(2)26(33)32(21)18-6-3-4-7-18;1-5-2(3)4/h5,8-11,14-16,18H,3-4,6-7,12-13H2,1-2H3,(H,27,28,29);1H3,(H2,3,4). The van der Waals surface area contributed by atoms with Gasteiger partial charge in [0.15, 0.2) is 0 Å². The number of carbonyl (C=O) groups is 1. The first-order valence-corrected chi connectivity index (χ1v) is 13.0. The second kappa shape index (κ2) is 11.1. The average molecular weight is 532 g/mol. The molecule has 2 aliphatic rings. The van der Waals surface area contributed by atoms with Gasteiger partial charge in [-0.25, -0.2) is 19.6 Å². The molecule has 4 heterocycles. The lowest BCUT2D eigenvalue weighted by Crippen LogP contribution is -2.28. The predicted octanol–water partition coefficient (Wildman–Crippen LogP) is 4.20. The van der Waals surface area contributed by atoms with E-state index in [1.54, 1.807) is 10.8 Å². The topological polar surface area (TPSA) is 130 Å². The first-order valence-electron chi connectivity index (χ1n) is 13.0. The first kappa shape index (κ1) is 26.1. The number of methoxy groups -OCH3 is 1. The molecule has 11 heteroatoms. The molecule has 39 heavy (non-hydrogen) atoms. The van der Waals surface area contributed by atoms with Crippen molar-refractivity contribution in [2.45, 2.75) is 31.7 Å². The van der Waals surface area contributed by atoms with E-state index in [1.165, 1.54) is 20.0 Å². The highest BCUT2D eigenvalue weighted by molar-refractivity contribution is 5.79. The van der Waals surface area contributed by atoms with Gasteiger partial charge in [-0.1, -0.05) is 25.0 Å². The predicted molar refractivity (Wildman–Crippen MR) is 151 cm³/mol. The number of likely N-dealkylation sites (N-methyl/N-ethyl adjacent to an activating group) is 1. The van der Waals surface area contributed by atoms with E-state index in [4.69, 9.17) is 9.72 Å². The van der Waals surface area contributed by atoms with Crippen LogP contribution in [0.15, 0.2) is 53.5 Å². The summed E-state index contributed by atoms with van der Waals surface area (Å²) >= 11 is 0. The van der Waals surface area contributed by atoms with E-state index in [0.29, 0.717) is 18.2 Å². The number of carbonyl (C=O) groups excluding carboxylic acids is 1. The Bertz CT molecular complexity index is 1560. The maximum atomic E-state index is 12.9. The van der Waals surface area contributed by atoms with Crippen LogP contribution in [0.1, 0.15) is 31.7 Å². The van der Waals surface area contributed by atoms with Crippen LogP contribution in [0.2, 0.25) is 0 Å². The monoisotopic (exact) mass is 531 g/mol. The van der Waals surface area contributed by atoms with Gasteiger partial charge in [-0.15, -0.1) is 0 Å². The molecule has 1 aromatic carbocycles. The van der Waals surface area contributed by atoms with E-state index >= 15 is 0 Å². The Kier molecular flexibility index (Phi) is 7.40.